The molecule has 2 rings (SSSR count). The van der Waals surface area contributed by atoms with Gasteiger partial charge in [0.25, 0.3) is 17.5 Å². The van der Waals surface area contributed by atoms with Crippen molar-refractivity contribution < 1.29 is 19.2 Å². The molecule has 142 valence electrons. The number of rotatable bonds is 7. The zero-order chi connectivity index (χ0) is 20.0. The average molecular weight is 392 g/mol. The van der Waals surface area contributed by atoms with Crippen LogP contribution in [0.5, 0.6) is 5.75 Å². The number of hydrogen-bond acceptors (Lipinski definition) is 5. The van der Waals surface area contributed by atoms with E-state index < -0.39 is 10.8 Å². The van der Waals surface area contributed by atoms with E-state index in [4.69, 9.17) is 16.3 Å². The van der Waals surface area contributed by atoms with Crippen molar-refractivity contribution in [2.75, 3.05) is 11.9 Å². The van der Waals surface area contributed by atoms with E-state index in [1.807, 2.05) is 13.8 Å². The van der Waals surface area contributed by atoms with Crippen molar-refractivity contribution in [3.63, 3.8) is 0 Å². The second-order valence-electron chi connectivity index (χ2n) is 5.91. The molecular formula is C18H18ClN3O5. The predicted molar refractivity (Wildman–Crippen MR) is 101 cm³/mol. The van der Waals surface area contributed by atoms with Gasteiger partial charge in [-0.3, -0.25) is 19.7 Å². The van der Waals surface area contributed by atoms with Gasteiger partial charge < -0.3 is 15.4 Å². The maximum absolute atomic E-state index is 12.1. The fourth-order valence-corrected chi connectivity index (χ4v) is 2.29. The number of anilines is 1. The van der Waals surface area contributed by atoms with Crippen molar-refractivity contribution in [2.45, 2.75) is 19.9 Å². The Balaban J connectivity index is 2.02. The van der Waals surface area contributed by atoms with Crippen LogP contribution in [0, 0.1) is 10.1 Å². The maximum Gasteiger partial charge on any atom is 0.273 e. The molecule has 2 aromatic rings. The van der Waals surface area contributed by atoms with Gasteiger partial charge in [-0.05, 0) is 38.1 Å². The van der Waals surface area contributed by atoms with Gasteiger partial charge in [0.15, 0.2) is 6.61 Å². The number of carbonyl (C=O) groups is 2. The molecule has 2 amide bonds. The number of benzene rings is 2. The first kappa shape index (κ1) is 20.2. The molecule has 2 aromatic carbocycles. The van der Waals surface area contributed by atoms with Crippen molar-refractivity contribution in [3.05, 3.63) is 63.2 Å². The van der Waals surface area contributed by atoms with Crippen LogP contribution >= 0.6 is 11.6 Å². The van der Waals surface area contributed by atoms with Crippen molar-refractivity contribution in [1.29, 1.82) is 0 Å². The molecule has 0 bridgehead atoms. The molecule has 0 radical (unpaired) electrons. The highest BCUT2D eigenvalue weighted by Gasteiger charge is 2.13. The first-order valence-corrected chi connectivity index (χ1v) is 8.41. The second kappa shape index (κ2) is 9.00. The first-order chi connectivity index (χ1) is 12.8. The lowest BCUT2D eigenvalue weighted by atomic mass is 10.1. The quantitative estimate of drug-likeness (QED) is 0.555. The molecule has 0 saturated heterocycles. The van der Waals surface area contributed by atoms with E-state index in [0.717, 1.165) is 0 Å². The Hall–Kier alpha value is -3.13. The zero-order valence-corrected chi connectivity index (χ0v) is 15.4. The van der Waals surface area contributed by atoms with E-state index in [1.165, 1.54) is 36.4 Å². The average Bonchev–Trinajstić information content (AvgIpc) is 2.61. The van der Waals surface area contributed by atoms with Gasteiger partial charge in [0.1, 0.15) is 5.75 Å². The predicted octanol–water partition coefficient (Wildman–Crippen LogP) is 3.40. The first-order valence-electron chi connectivity index (χ1n) is 8.04. The minimum atomic E-state index is -0.555. The van der Waals surface area contributed by atoms with Gasteiger partial charge in [0, 0.05) is 17.7 Å². The number of nitro groups is 1. The molecule has 0 spiro atoms. The van der Waals surface area contributed by atoms with E-state index in [-0.39, 0.29) is 40.7 Å². The summed E-state index contributed by atoms with van der Waals surface area (Å²) in [7, 11) is 0. The van der Waals surface area contributed by atoms with Crippen LogP contribution in [-0.4, -0.2) is 29.4 Å². The third-order valence-electron chi connectivity index (χ3n) is 3.32. The number of nitrogens with one attached hydrogen (secondary N) is 2. The van der Waals surface area contributed by atoms with E-state index in [9.17, 15) is 19.7 Å². The van der Waals surface area contributed by atoms with Crippen LogP contribution in [0.25, 0.3) is 0 Å². The van der Waals surface area contributed by atoms with Gasteiger partial charge >= 0.3 is 0 Å². The molecule has 27 heavy (non-hydrogen) atoms. The number of nitrogens with zero attached hydrogens (tertiary/aromatic N) is 1. The van der Waals surface area contributed by atoms with Crippen LogP contribution in [-0.2, 0) is 4.79 Å². The summed E-state index contributed by atoms with van der Waals surface area (Å²) in [5, 5.41) is 16.3. The number of ether oxygens (including phenoxy) is 1. The number of amides is 2. The summed E-state index contributed by atoms with van der Waals surface area (Å²) in [6.07, 6.45) is 0. The summed E-state index contributed by atoms with van der Waals surface area (Å²) in [6, 6.07) is 9.99. The number of halogens is 1. The molecule has 0 aliphatic rings. The van der Waals surface area contributed by atoms with E-state index in [2.05, 4.69) is 10.6 Å². The Kier molecular flexibility index (Phi) is 6.73. The minimum absolute atomic E-state index is 0.0328. The van der Waals surface area contributed by atoms with Crippen molar-refractivity contribution >= 4 is 34.8 Å². The molecular weight excluding hydrogens is 374 g/mol. The normalized spacial score (nSPS) is 10.4. The molecule has 0 heterocycles. The van der Waals surface area contributed by atoms with Crippen molar-refractivity contribution in [3.8, 4) is 5.75 Å². The van der Waals surface area contributed by atoms with Gasteiger partial charge in [-0.2, -0.15) is 0 Å². The Bertz CT molecular complexity index is 870. The number of non-ortho nitro benzene ring substituents is 1. The van der Waals surface area contributed by atoms with Crippen LogP contribution in [0.15, 0.2) is 42.5 Å². The monoisotopic (exact) mass is 391 g/mol. The standard InChI is InChI=1S/C18H18ClN3O5/c1-11(2)20-18(24)12-6-7-15(19)16(8-12)21-17(23)10-27-14-5-3-4-13(9-14)22(25)26/h3-9,11H,10H2,1-2H3,(H,20,24)(H,21,23). The van der Waals surface area contributed by atoms with Crippen LogP contribution in [0.3, 0.4) is 0 Å². The van der Waals surface area contributed by atoms with E-state index >= 15 is 0 Å². The smallest absolute Gasteiger partial charge is 0.273 e. The summed E-state index contributed by atoms with van der Waals surface area (Å²) in [5.74, 6) is -0.620. The molecule has 8 nitrogen and oxygen atoms in total. The SMILES string of the molecule is CC(C)NC(=O)c1ccc(Cl)c(NC(=O)COc2cccc([N+](=O)[O-])c2)c1. The molecule has 0 fully saturated rings. The van der Waals surface area contributed by atoms with Gasteiger partial charge in [0.05, 0.1) is 21.7 Å². The lowest BCUT2D eigenvalue weighted by Gasteiger charge is -2.12. The molecule has 0 aromatic heterocycles. The topological polar surface area (TPSA) is 111 Å². The summed E-state index contributed by atoms with van der Waals surface area (Å²) >= 11 is 6.06. The lowest BCUT2D eigenvalue weighted by molar-refractivity contribution is -0.384. The van der Waals surface area contributed by atoms with Crippen LogP contribution in [0.1, 0.15) is 24.2 Å². The van der Waals surface area contributed by atoms with Gasteiger partial charge in [-0.1, -0.05) is 17.7 Å². The summed E-state index contributed by atoms with van der Waals surface area (Å²) in [4.78, 5) is 34.3. The number of hydrogen-bond donors (Lipinski definition) is 2. The second-order valence-corrected chi connectivity index (χ2v) is 6.32. The Labute approximate surface area is 160 Å². The molecule has 2 N–H and O–H groups in total. The third-order valence-corrected chi connectivity index (χ3v) is 3.65. The van der Waals surface area contributed by atoms with Crippen molar-refractivity contribution in [2.24, 2.45) is 0 Å². The largest absolute Gasteiger partial charge is 0.484 e. The summed E-state index contributed by atoms with van der Waals surface area (Å²) in [6.45, 7) is 3.30. The maximum atomic E-state index is 12.1. The molecule has 0 saturated carbocycles. The highest BCUT2D eigenvalue weighted by atomic mass is 35.5. The highest BCUT2D eigenvalue weighted by Crippen LogP contribution is 2.23. The van der Waals surface area contributed by atoms with Crippen molar-refractivity contribution in [1.82, 2.24) is 5.32 Å². The fourth-order valence-electron chi connectivity index (χ4n) is 2.13. The van der Waals surface area contributed by atoms with Crippen LogP contribution in [0.2, 0.25) is 5.02 Å². The molecule has 0 aliphatic carbocycles. The van der Waals surface area contributed by atoms with E-state index in [1.54, 1.807) is 6.07 Å². The van der Waals surface area contributed by atoms with E-state index in [0.29, 0.717) is 5.56 Å². The van der Waals surface area contributed by atoms with Gasteiger partial charge in [0.2, 0.25) is 0 Å². The summed E-state index contributed by atoms with van der Waals surface area (Å²) in [5.41, 5.74) is 0.475. The van der Waals surface area contributed by atoms with Gasteiger partial charge in [-0.25, -0.2) is 0 Å². The Morgan fingerprint density at radius 1 is 1.22 bits per heavy atom. The lowest BCUT2D eigenvalue weighted by Crippen LogP contribution is -2.30. The zero-order valence-electron chi connectivity index (χ0n) is 14.7. The molecule has 9 heteroatoms. The fraction of sp³-hybridized carbons (Fsp3) is 0.222. The molecule has 0 unspecified atom stereocenters. The minimum Gasteiger partial charge on any atom is -0.484 e. The Morgan fingerprint density at radius 2 is 1.96 bits per heavy atom. The molecule has 0 atom stereocenters. The number of nitro benzene ring substituents is 1. The van der Waals surface area contributed by atoms with Gasteiger partial charge in [-0.15, -0.1) is 0 Å². The molecule has 0 aliphatic heterocycles. The third kappa shape index (κ3) is 5.96. The Morgan fingerprint density at radius 3 is 2.63 bits per heavy atom. The summed E-state index contributed by atoms with van der Waals surface area (Å²) < 4.78 is 5.26. The van der Waals surface area contributed by atoms with Crippen LogP contribution < -0.4 is 15.4 Å². The highest BCUT2D eigenvalue weighted by molar-refractivity contribution is 6.33. The number of carbonyl (C=O) groups excluding carboxylic acids is 2. The van der Waals surface area contributed by atoms with Crippen LogP contribution in [0.4, 0.5) is 11.4 Å².